The average molecular weight is 399 g/mol. The first-order valence-electron chi connectivity index (χ1n) is 9.46. The number of carboxylic acid groups (broad SMARTS) is 1. The molecule has 9 heteroatoms. The molecule has 2 bridgehead atoms. The highest BCUT2D eigenvalue weighted by Crippen LogP contribution is 2.41. The molecule has 1 amide bonds. The van der Waals surface area contributed by atoms with Crippen molar-refractivity contribution in [1.29, 1.82) is 0 Å². The first-order valence-corrected chi connectivity index (χ1v) is 9.46. The van der Waals surface area contributed by atoms with Gasteiger partial charge in [-0.3, -0.25) is 14.4 Å². The second kappa shape index (κ2) is 8.95. The molecule has 0 unspecified atom stereocenters. The Hall–Kier alpha value is -3.07. The molecule has 0 radical (unpaired) electrons. The number of amides is 1. The predicted molar refractivity (Wildman–Crippen MR) is 106 cm³/mol. The van der Waals surface area contributed by atoms with E-state index >= 15 is 0 Å². The number of hydrogen-bond donors (Lipinski definition) is 1. The van der Waals surface area contributed by atoms with Crippen LogP contribution in [-0.2, 0) is 4.79 Å². The summed E-state index contributed by atoms with van der Waals surface area (Å²) in [6.07, 6.45) is 4.07. The highest BCUT2D eigenvalue weighted by Gasteiger charge is 2.41. The van der Waals surface area contributed by atoms with Crippen LogP contribution in [0.15, 0.2) is 41.5 Å². The Morgan fingerprint density at radius 3 is 2.69 bits per heavy atom. The fraction of sp³-hybridized carbons (Fsp3) is 0.450. The van der Waals surface area contributed by atoms with Crippen LogP contribution in [0.3, 0.4) is 0 Å². The van der Waals surface area contributed by atoms with Crippen molar-refractivity contribution in [2.75, 3.05) is 33.7 Å². The van der Waals surface area contributed by atoms with Crippen molar-refractivity contribution >= 4 is 12.4 Å². The molecule has 2 aromatic rings. The Kier molecular flexibility index (Phi) is 6.38. The summed E-state index contributed by atoms with van der Waals surface area (Å²) in [6, 6.07) is 7.28. The topological polar surface area (TPSA) is 109 Å². The lowest BCUT2D eigenvalue weighted by atomic mass is 9.78. The van der Waals surface area contributed by atoms with Crippen molar-refractivity contribution in [3.63, 3.8) is 0 Å². The summed E-state index contributed by atoms with van der Waals surface area (Å²) < 4.78 is 1.97. The molecule has 0 saturated carbocycles. The quantitative estimate of drug-likeness (QED) is 0.757. The van der Waals surface area contributed by atoms with Crippen molar-refractivity contribution < 1.29 is 14.7 Å². The van der Waals surface area contributed by atoms with Crippen LogP contribution in [0, 0.1) is 5.92 Å². The van der Waals surface area contributed by atoms with Gasteiger partial charge < -0.3 is 19.5 Å². The van der Waals surface area contributed by atoms with Crippen LogP contribution >= 0.6 is 0 Å². The molecule has 0 aromatic carbocycles. The zero-order chi connectivity index (χ0) is 21.0. The van der Waals surface area contributed by atoms with E-state index in [4.69, 9.17) is 9.90 Å². The number of carbonyl (C=O) groups excluding carboxylic acids is 1. The lowest BCUT2D eigenvalue weighted by Gasteiger charge is -2.47. The summed E-state index contributed by atoms with van der Waals surface area (Å²) in [4.78, 5) is 37.9. The van der Waals surface area contributed by atoms with E-state index in [2.05, 4.69) is 15.1 Å². The Labute approximate surface area is 168 Å². The Morgan fingerprint density at radius 1 is 1.28 bits per heavy atom. The smallest absolute Gasteiger partial charge is 0.290 e. The lowest BCUT2D eigenvalue weighted by Crippen LogP contribution is -2.52. The van der Waals surface area contributed by atoms with E-state index in [1.54, 1.807) is 18.3 Å². The number of nitrogens with zero attached hydrogens (tertiary/aromatic N) is 5. The number of rotatable bonds is 3. The van der Waals surface area contributed by atoms with Gasteiger partial charge in [0.15, 0.2) is 0 Å². The molecule has 29 heavy (non-hydrogen) atoms. The summed E-state index contributed by atoms with van der Waals surface area (Å²) in [7, 11) is 4.04. The fourth-order valence-electron chi connectivity index (χ4n) is 4.42. The number of likely N-dealkylation sites (N-methyl/N-ethyl adjacent to an activating group) is 1. The molecule has 1 N–H and O–H groups in total. The number of pyridine rings is 1. The minimum atomic E-state index is -0.250. The highest BCUT2D eigenvalue weighted by molar-refractivity contribution is 5.93. The maximum Gasteiger partial charge on any atom is 0.290 e. The number of hydrogen-bond acceptors (Lipinski definition) is 6. The molecule has 2 aliphatic heterocycles. The van der Waals surface area contributed by atoms with Gasteiger partial charge in [0, 0.05) is 37.3 Å². The van der Waals surface area contributed by atoms with E-state index in [9.17, 15) is 9.59 Å². The zero-order valence-corrected chi connectivity index (χ0v) is 16.5. The van der Waals surface area contributed by atoms with Crippen LogP contribution in [0.25, 0.3) is 0 Å². The van der Waals surface area contributed by atoms with Gasteiger partial charge in [-0.15, -0.1) is 0 Å². The second-order valence-corrected chi connectivity index (χ2v) is 7.63. The summed E-state index contributed by atoms with van der Waals surface area (Å²) in [6.45, 7) is 1.83. The predicted octanol–water partition coefficient (Wildman–Crippen LogP) is 0.701. The third-order valence-corrected chi connectivity index (χ3v) is 5.47. The van der Waals surface area contributed by atoms with Gasteiger partial charge in [0.25, 0.3) is 17.9 Å². The van der Waals surface area contributed by atoms with Crippen LogP contribution in [0.1, 0.15) is 34.4 Å². The van der Waals surface area contributed by atoms with Gasteiger partial charge in [-0.05, 0) is 38.6 Å². The van der Waals surface area contributed by atoms with E-state index in [1.807, 2.05) is 35.7 Å². The molecule has 4 rings (SSSR count). The molecule has 1 saturated heterocycles. The van der Waals surface area contributed by atoms with Crippen molar-refractivity contribution in [3.05, 3.63) is 58.3 Å². The maximum atomic E-state index is 12.9. The highest BCUT2D eigenvalue weighted by atomic mass is 16.3. The second-order valence-electron chi connectivity index (χ2n) is 7.63. The van der Waals surface area contributed by atoms with Gasteiger partial charge in [0.1, 0.15) is 0 Å². The fourth-order valence-corrected chi connectivity index (χ4v) is 4.42. The summed E-state index contributed by atoms with van der Waals surface area (Å²) in [5.41, 5.74) is 1.67. The van der Waals surface area contributed by atoms with E-state index in [1.165, 1.54) is 6.20 Å². The van der Waals surface area contributed by atoms with Crippen molar-refractivity contribution in [2.45, 2.75) is 18.4 Å². The Bertz CT molecular complexity index is 915. The van der Waals surface area contributed by atoms with Crippen molar-refractivity contribution in [2.24, 2.45) is 5.92 Å². The van der Waals surface area contributed by atoms with Gasteiger partial charge in [-0.1, -0.05) is 6.07 Å². The van der Waals surface area contributed by atoms with Gasteiger partial charge in [-0.2, -0.15) is 10.2 Å². The van der Waals surface area contributed by atoms with Crippen LogP contribution in [0.4, 0.5) is 0 Å². The summed E-state index contributed by atoms with van der Waals surface area (Å²) >= 11 is 0. The van der Waals surface area contributed by atoms with Gasteiger partial charge in [0.2, 0.25) is 0 Å². The number of likely N-dealkylation sites (tertiary alicyclic amines) is 1. The average Bonchev–Trinajstić information content (AvgIpc) is 2.71. The minimum Gasteiger partial charge on any atom is -0.483 e. The molecule has 2 aromatic heterocycles. The lowest BCUT2D eigenvalue weighted by molar-refractivity contribution is -0.122. The molecule has 3 atom stereocenters. The van der Waals surface area contributed by atoms with Crippen LogP contribution in [0.5, 0.6) is 0 Å². The van der Waals surface area contributed by atoms with Crippen LogP contribution in [-0.4, -0.2) is 75.8 Å². The van der Waals surface area contributed by atoms with E-state index < -0.39 is 0 Å². The Balaban J connectivity index is 0.000000755. The maximum absolute atomic E-state index is 12.9. The monoisotopic (exact) mass is 399 g/mol. The van der Waals surface area contributed by atoms with Crippen LogP contribution in [0.2, 0.25) is 0 Å². The molecular weight excluding hydrogens is 374 g/mol. The van der Waals surface area contributed by atoms with Gasteiger partial charge >= 0.3 is 0 Å². The SMILES string of the molecule is CN(C)C[C@H]1[C@H]2C[C@H](CN(C(=O)c3ccnnc3)C2)c2cccc(=O)n21.O=CO. The molecule has 1 fully saturated rings. The minimum absolute atomic E-state index is 0.00932. The number of fused-ring (bicyclic) bond motifs is 4. The first-order chi connectivity index (χ1) is 14.0. The van der Waals surface area contributed by atoms with E-state index in [-0.39, 0.29) is 35.8 Å². The first kappa shape index (κ1) is 20.7. The number of aromatic nitrogens is 3. The molecule has 4 heterocycles. The van der Waals surface area contributed by atoms with Crippen molar-refractivity contribution in [1.82, 2.24) is 24.6 Å². The molecule has 154 valence electrons. The summed E-state index contributed by atoms with van der Waals surface area (Å²) in [5, 5.41) is 14.5. The van der Waals surface area contributed by atoms with Gasteiger partial charge in [0.05, 0.1) is 24.0 Å². The molecular formula is C20H25N5O4. The van der Waals surface area contributed by atoms with Gasteiger partial charge in [-0.25, -0.2) is 0 Å². The third kappa shape index (κ3) is 4.34. The Morgan fingerprint density at radius 2 is 2.03 bits per heavy atom. The zero-order valence-electron chi connectivity index (χ0n) is 16.5. The molecule has 9 nitrogen and oxygen atoms in total. The molecule has 2 aliphatic rings. The largest absolute Gasteiger partial charge is 0.483 e. The number of piperidine rings is 1. The molecule has 0 spiro atoms. The standard InChI is InChI=1S/C19H23N5O2.CH2O2/c1-22(2)12-17-15-8-14(16-4-3-5-18(25)24(16)17)10-23(11-15)19(26)13-6-7-20-21-9-13;2-1-3/h3-7,9,14-15,17H,8,10-12H2,1-2H3;1H,(H,2,3)/t14-,15+,17+;/m1./s1. The van der Waals surface area contributed by atoms with E-state index in [0.29, 0.717) is 18.7 Å². The van der Waals surface area contributed by atoms with Crippen LogP contribution < -0.4 is 5.56 Å². The molecule has 0 aliphatic carbocycles. The normalized spacial score (nSPS) is 22.3. The van der Waals surface area contributed by atoms with E-state index in [0.717, 1.165) is 18.7 Å². The summed E-state index contributed by atoms with van der Waals surface area (Å²) in [5.74, 6) is 0.451. The van der Waals surface area contributed by atoms with Crippen molar-refractivity contribution in [3.8, 4) is 0 Å². The number of carbonyl (C=O) groups is 2. The third-order valence-electron chi connectivity index (χ3n) is 5.47.